The summed E-state index contributed by atoms with van der Waals surface area (Å²) in [4.78, 5) is 0. The maximum atomic E-state index is 14.8. The Morgan fingerprint density at radius 2 is 0.820 bits per heavy atom. The number of fused-ring (bicyclic) bond motifs is 2. The number of benzene rings is 6. The third kappa shape index (κ3) is 4.80. The minimum absolute atomic E-state index is 0.352. The molecule has 2 atom stereocenters. The van der Waals surface area contributed by atoms with Gasteiger partial charge in [0.1, 0.15) is 0 Å². The molecule has 0 saturated heterocycles. The van der Waals surface area contributed by atoms with Crippen LogP contribution in [0.2, 0.25) is 0 Å². The summed E-state index contributed by atoms with van der Waals surface area (Å²) in [6.07, 6.45) is 8.99. The molecule has 2 unspecified atom stereocenters. The van der Waals surface area contributed by atoms with Crippen LogP contribution in [0.3, 0.4) is 0 Å². The fourth-order valence-electron chi connectivity index (χ4n) is 9.83. The van der Waals surface area contributed by atoms with E-state index in [0.29, 0.717) is 19.8 Å². The van der Waals surface area contributed by atoms with Crippen molar-refractivity contribution in [1.82, 2.24) is 0 Å². The van der Waals surface area contributed by atoms with Crippen LogP contribution in [0, 0.1) is 11.6 Å². The van der Waals surface area contributed by atoms with Gasteiger partial charge < -0.3 is 0 Å². The van der Waals surface area contributed by atoms with Gasteiger partial charge in [-0.3, -0.25) is 0 Å². The van der Waals surface area contributed by atoms with Crippen LogP contribution in [0.15, 0.2) is 170 Å². The van der Waals surface area contributed by atoms with Crippen LogP contribution in [0.1, 0.15) is 40.6 Å². The van der Waals surface area contributed by atoms with Crippen LogP contribution in [-0.2, 0) is 23.6 Å². The summed E-state index contributed by atoms with van der Waals surface area (Å²) in [6.45, 7) is 1.96. The molecule has 0 aliphatic heterocycles. The second-order valence-electron chi connectivity index (χ2n) is 14.9. The summed E-state index contributed by atoms with van der Waals surface area (Å²) < 4.78 is 46.3. The fraction of sp³-hybridized carbons (Fsp3) is 0.0909. The first kappa shape index (κ1) is 32.6. The molecule has 2 aliphatic carbocycles. The molecule has 0 spiro atoms. The van der Waals surface area contributed by atoms with Crippen LogP contribution in [0.4, 0.5) is 8.78 Å². The first-order valence-electron chi connectivity index (χ1n) is 17.1. The van der Waals surface area contributed by atoms with Crippen molar-refractivity contribution in [3.8, 4) is 11.5 Å². The van der Waals surface area contributed by atoms with E-state index in [1.807, 2.05) is 19.0 Å². The van der Waals surface area contributed by atoms with Crippen molar-refractivity contribution in [3.63, 3.8) is 0 Å². The average Bonchev–Trinajstić information content (AvgIpc) is 3.79. The topological polar surface area (TPSA) is 18.5 Å². The molecule has 0 bridgehead atoms. The van der Waals surface area contributed by atoms with E-state index in [4.69, 9.17) is 5.63 Å². The van der Waals surface area contributed by atoms with Gasteiger partial charge >= 0.3 is 291 Å². The fourth-order valence-corrected chi connectivity index (χ4v) is 48.3. The zero-order valence-electron chi connectivity index (χ0n) is 27.7. The summed E-state index contributed by atoms with van der Waals surface area (Å²) in [7, 11) is 0. The molecule has 2 nitrogen and oxygen atoms in total. The van der Waals surface area contributed by atoms with E-state index >= 15 is 0 Å². The van der Waals surface area contributed by atoms with Gasteiger partial charge in [0.2, 0.25) is 0 Å². The van der Waals surface area contributed by atoms with Crippen molar-refractivity contribution >= 4 is 19.0 Å². The van der Waals surface area contributed by atoms with E-state index < -0.39 is 22.6 Å². The van der Waals surface area contributed by atoms with E-state index in [9.17, 15) is 8.78 Å². The number of hydrogen-bond donors (Lipinski definition) is 0. The van der Waals surface area contributed by atoms with Crippen LogP contribution < -0.4 is 5.63 Å². The molecule has 0 aromatic heterocycles. The monoisotopic (exact) mass is 754 g/mol. The molecule has 0 amide bonds. The summed E-state index contributed by atoms with van der Waals surface area (Å²) in [5.74, 6) is 0.337. The third-order valence-electron chi connectivity index (χ3n) is 11.7. The molecule has 248 valence electrons. The van der Waals surface area contributed by atoms with Crippen LogP contribution in [-0.4, -0.2) is 6.88 Å². The van der Waals surface area contributed by atoms with Crippen molar-refractivity contribution in [2.24, 2.45) is 0 Å². The van der Waals surface area contributed by atoms with Crippen LogP contribution in [0.25, 0.3) is 12.2 Å². The predicted molar refractivity (Wildman–Crippen MR) is 199 cm³/mol. The van der Waals surface area contributed by atoms with Crippen molar-refractivity contribution < 1.29 is 29.7 Å². The third-order valence-corrected chi connectivity index (χ3v) is 47.5. The van der Waals surface area contributed by atoms with Gasteiger partial charge in [-0.05, 0) is 0 Å². The predicted octanol–water partition coefficient (Wildman–Crippen LogP) is 10.5. The van der Waals surface area contributed by atoms with Gasteiger partial charge in [0, 0.05) is 0 Å². The summed E-state index contributed by atoms with van der Waals surface area (Å²) >= 11 is -7.29. The van der Waals surface area contributed by atoms with Gasteiger partial charge in [-0.25, -0.2) is 0 Å². The molecular weight excluding hydrogens is 718 g/mol. The molecule has 8 rings (SSSR count). The van der Waals surface area contributed by atoms with E-state index in [1.165, 1.54) is 24.3 Å². The Kier molecular flexibility index (Phi) is 7.28. The van der Waals surface area contributed by atoms with Crippen molar-refractivity contribution in [2.45, 2.75) is 15.5 Å². The summed E-state index contributed by atoms with van der Waals surface area (Å²) in [5, 5.41) is 0. The van der Waals surface area contributed by atoms with E-state index in [2.05, 4.69) is 121 Å². The van der Waals surface area contributed by atoms with Gasteiger partial charge in [-0.15, -0.1) is 0 Å². The maximum absolute atomic E-state index is 14.8. The van der Waals surface area contributed by atoms with Gasteiger partial charge in [0.05, 0.1) is 0 Å². The van der Waals surface area contributed by atoms with E-state index in [1.54, 1.807) is 24.3 Å². The Hall–Kier alpha value is -4.64. The molecular formula is C44H38F2O2SiZr. The van der Waals surface area contributed by atoms with Crippen molar-refractivity contribution in [3.05, 3.63) is 215 Å². The molecule has 2 aliphatic rings. The molecule has 50 heavy (non-hydrogen) atoms. The Labute approximate surface area is 288 Å². The van der Waals surface area contributed by atoms with Crippen molar-refractivity contribution in [1.29, 1.82) is 0 Å². The standard InChI is InChI=1S/2C9H7.2C7H7.2C6H5FO.H2Si.Zr/c2*1-2-5-9-7-3-6-8(9)4-1;2*1-7-5-3-2-4-6-7;2*7-5-1-3-6(8)4-2-5;;/h2*1-7H;2*2-6H,1H2;2*1-4,8H;1H2;/q;;;;;;;+2/p-2. The van der Waals surface area contributed by atoms with E-state index in [-0.39, 0.29) is 11.6 Å². The van der Waals surface area contributed by atoms with E-state index in [0.717, 1.165) is 33.4 Å². The van der Waals surface area contributed by atoms with Crippen LogP contribution >= 0.6 is 0 Å². The zero-order chi connectivity index (χ0) is 34.3. The van der Waals surface area contributed by atoms with Gasteiger partial charge in [-0.2, -0.15) is 0 Å². The second kappa shape index (κ2) is 11.2. The number of halogens is 2. The Morgan fingerprint density at radius 3 is 1.22 bits per heavy atom. The summed E-state index contributed by atoms with van der Waals surface area (Å²) in [6, 6.07) is 50.6. The van der Waals surface area contributed by atoms with Crippen LogP contribution in [0.5, 0.6) is 11.5 Å². The first-order valence-corrected chi connectivity index (χ1v) is 31.4. The molecule has 0 fully saturated rings. The molecule has 0 N–H and O–H groups in total. The van der Waals surface area contributed by atoms with Gasteiger partial charge in [0.25, 0.3) is 0 Å². The van der Waals surface area contributed by atoms with Crippen molar-refractivity contribution in [2.75, 3.05) is 0 Å². The second-order valence-corrected chi connectivity index (χ2v) is 52.4. The Bertz CT molecular complexity index is 2240. The Balaban J connectivity index is 1.66. The minimum atomic E-state index is -7.29. The molecule has 0 saturated carbocycles. The average molecular weight is 756 g/mol. The molecule has 6 aromatic rings. The molecule has 0 heterocycles. The van der Waals surface area contributed by atoms with Gasteiger partial charge in [-0.1, -0.05) is 0 Å². The first-order chi connectivity index (χ1) is 24.2. The normalized spacial score (nSPS) is 18.2. The molecule has 0 radical (unpaired) electrons. The zero-order valence-corrected chi connectivity index (χ0v) is 31.5. The Morgan fingerprint density at radius 1 is 0.460 bits per heavy atom. The molecule has 6 aromatic carbocycles. The number of hydrogen-bond acceptors (Lipinski definition) is 2. The number of allylic oxidation sites excluding steroid dienone is 2. The molecule has 6 heteroatoms. The quantitative estimate of drug-likeness (QED) is 0.130. The van der Waals surface area contributed by atoms with Gasteiger partial charge in [0.15, 0.2) is 0 Å². The number of rotatable bonds is 10. The SMILES string of the molecule is Fc1ccc([O][Zr](=[SiH2])([CH2]c2ccccc2)([CH2]c2ccccc2)([O]c2ccc(F)cc2)([CH]2C=Cc3ccccc32)[CH]2C=Cc3ccccc32)cc1. The summed E-state index contributed by atoms with van der Waals surface area (Å²) in [5.41, 5.74) is 6.52.